The van der Waals surface area contributed by atoms with E-state index in [1.54, 1.807) is 19.9 Å². The number of rotatable bonds is 5. The van der Waals surface area contributed by atoms with Crippen molar-refractivity contribution in [2.75, 3.05) is 0 Å². The summed E-state index contributed by atoms with van der Waals surface area (Å²) in [5.74, 6) is -1.02. The number of nitrogens with zero attached hydrogens (tertiary/aromatic N) is 1. The molecule has 0 aliphatic rings. The second kappa shape index (κ2) is 6.09. The Hall–Kier alpha value is -2.15. The van der Waals surface area contributed by atoms with Crippen LogP contribution in [0.3, 0.4) is 0 Å². The van der Waals surface area contributed by atoms with E-state index >= 15 is 0 Å². The lowest BCUT2D eigenvalue weighted by Gasteiger charge is -2.01. The fourth-order valence-corrected chi connectivity index (χ4v) is 2.83. The van der Waals surface area contributed by atoms with E-state index in [4.69, 9.17) is 9.52 Å². The molecule has 21 heavy (non-hydrogen) atoms. The zero-order chi connectivity index (χ0) is 15.6. The number of aromatic nitrogens is 1. The van der Waals surface area contributed by atoms with Crippen molar-refractivity contribution < 1.29 is 19.1 Å². The van der Waals surface area contributed by atoms with E-state index < -0.39 is 5.97 Å². The van der Waals surface area contributed by atoms with Gasteiger partial charge < -0.3 is 14.8 Å². The van der Waals surface area contributed by atoms with Crippen LogP contribution in [-0.4, -0.2) is 22.0 Å². The smallest absolute Gasteiger partial charge is 0.372 e. The van der Waals surface area contributed by atoms with Gasteiger partial charge in [0.1, 0.15) is 10.6 Å². The average Bonchev–Trinajstić information content (AvgIpc) is 2.99. The normalized spacial score (nSPS) is 10.6. The number of hydrogen-bond acceptors (Lipinski definition) is 5. The third-order valence-electron chi connectivity index (χ3n) is 2.94. The summed E-state index contributed by atoms with van der Waals surface area (Å²) in [5, 5.41) is 12.5. The maximum absolute atomic E-state index is 12.1. The number of hydrogen-bond donors (Lipinski definition) is 2. The molecule has 0 aliphatic heterocycles. The second-order valence-electron chi connectivity index (χ2n) is 4.59. The van der Waals surface area contributed by atoms with Gasteiger partial charge in [-0.25, -0.2) is 9.78 Å². The Kier molecular flexibility index (Phi) is 4.42. The molecule has 0 fully saturated rings. The maximum Gasteiger partial charge on any atom is 0.372 e. The van der Waals surface area contributed by atoms with Crippen LogP contribution < -0.4 is 5.32 Å². The number of carboxylic acid groups (broad SMARTS) is 1. The molecule has 0 aliphatic carbocycles. The topological polar surface area (TPSA) is 92.4 Å². The standard InChI is InChI=1S/C14H16N2O4S/c1-4-10-16-8(3)12(21-10)13(17)15-6-9-5-7(2)11(20-9)14(18)19/h5H,4,6H2,1-3H3,(H,15,17)(H,18,19). The first-order valence-corrected chi connectivity index (χ1v) is 7.31. The Morgan fingerprint density at radius 2 is 2.14 bits per heavy atom. The first-order chi connectivity index (χ1) is 9.92. The van der Waals surface area contributed by atoms with Gasteiger partial charge in [0.25, 0.3) is 5.91 Å². The van der Waals surface area contributed by atoms with Gasteiger partial charge in [-0.15, -0.1) is 11.3 Å². The van der Waals surface area contributed by atoms with E-state index in [-0.39, 0.29) is 18.2 Å². The third kappa shape index (κ3) is 3.30. The maximum atomic E-state index is 12.1. The zero-order valence-corrected chi connectivity index (χ0v) is 12.8. The molecule has 1 amide bonds. The summed E-state index contributed by atoms with van der Waals surface area (Å²) in [6.45, 7) is 5.58. The molecule has 0 saturated carbocycles. The van der Waals surface area contributed by atoms with Crippen molar-refractivity contribution in [2.45, 2.75) is 33.7 Å². The highest BCUT2D eigenvalue weighted by molar-refractivity contribution is 7.13. The summed E-state index contributed by atoms with van der Waals surface area (Å²) in [5.41, 5.74) is 1.24. The van der Waals surface area contributed by atoms with Crippen LogP contribution in [0.4, 0.5) is 0 Å². The molecule has 0 unspecified atom stereocenters. The predicted molar refractivity (Wildman–Crippen MR) is 77.8 cm³/mol. The molecule has 0 radical (unpaired) electrons. The van der Waals surface area contributed by atoms with Crippen molar-refractivity contribution in [3.63, 3.8) is 0 Å². The Balaban J connectivity index is 2.05. The fraction of sp³-hybridized carbons (Fsp3) is 0.357. The average molecular weight is 308 g/mol. The summed E-state index contributed by atoms with van der Waals surface area (Å²) in [4.78, 5) is 27.9. The Bertz CT molecular complexity index is 687. The molecule has 6 nitrogen and oxygen atoms in total. The number of aryl methyl sites for hydroxylation is 3. The third-order valence-corrected chi connectivity index (χ3v) is 4.24. The Morgan fingerprint density at radius 3 is 2.67 bits per heavy atom. The van der Waals surface area contributed by atoms with E-state index in [2.05, 4.69) is 10.3 Å². The van der Waals surface area contributed by atoms with Crippen molar-refractivity contribution in [3.05, 3.63) is 38.7 Å². The van der Waals surface area contributed by atoms with Gasteiger partial charge in [-0.2, -0.15) is 0 Å². The van der Waals surface area contributed by atoms with Gasteiger partial charge in [-0.05, 0) is 26.3 Å². The van der Waals surface area contributed by atoms with Gasteiger partial charge in [-0.1, -0.05) is 6.92 Å². The molecule has 2 aromatic heterocycles. The first kappa shape index (κ1) is 15.2. The van der Waals surface area contributed by atoms with Gasteiger partial charge in [-0.3, -0.25) is 4.79 Å². The van der Waals surface area contributed by atoms with Crippen LogP contribution >= 0.6 is 11.3 Å². The number of aromatic carboxylic acids is 1. The van der Waals surface area contributed by atoms with Crippen molar-refractivity contribution in [3.8, 4) is 0 Å². The summed E-state index contributed by atoms with van der Waals surface area (Å²) in [6.07, 6.45) is 0.790. The minimum Gasteiger partial charge on any atom is -0.475 e. The van der Waals surface area contributed by atoms with Gasteiger partial charge in [0.05, 0.1) is 17.2 Å². The monoisotopic (exact) mass is 308 g/mol. The molecule has 0 saturated heterocycles. The minimum absolute atomic E-state index is 0.0958. The van der Waals surface area contributed by atoms with E-state index in [9.17, 15) is 9.59 Å². The van der Waals surface area contributed by atoms with Crippen LogP contribution in [0.1, 0.15) is 49.2 Å². The molecule has 2 aromatic rings. The van der Waals surface area contributed by atoms with Gasteiger partial charge in [0, 0.05) is 5.56 Å². The van der Waals surface area contributed by atoms with Crippen LogP contribution in [0.15, 0.2) is 10.5 Å². The van der Waals surface area contributed by atoms with Crippen molar-refractivity contribution in [1.29, 1.82) is 0 Å². The van der Waals surface area contributed by atoms with Crippen molar-refractivity contribution in [2.24, 2.45) is 0 Å². The number of carbonyl (C=O) groups excluding carboxylic acids is 1. The summed E-state index contributed by atoms with van der Waals surface area (Å²) >= 11 is 1.37. The van der Waals surface area contributed by atoms with Crippen molar-refractivity contribution in [1.82, 2.24) is 10.3 Å². The molecule has 112 valence electrons. The Morgan fingerprint density at radius 1 is 1.43 bits per heavy atom. The number of amides is 1. The van der Waals surface area contributed by atoms with E-state index in [0.717, 1.165) is 11.4 Å². The predicted octanol–water partition coefficient (Wildman–Crippen LogP) is 2.54. The van der Waals surface area contributed by atoms with Gasteiger partial charge >= 0.3 is 5.97 Å². The van der Waals surface area contributed by atoms with E-state index in [0.29, 0.717) is 21.9 Å². The molecule has 0 bridgehead atoms. The largest absolute Gasteiger partial charge is 0.475 e. The van der Waals surface area contributed by atoms with E-state index in [1.807, 2.05) is 6.92 Å². The highest BCUT2D eigenvalue weighted by atomic mass is 32.1. The van der Waals surface area contributed by atoms with Gasteiger partial charge in [0.2, 0.25) is 5.76 Å². The van der Waals surface area contributed by atoms with Crippen molar-refractivity contribution >= 4 is 23.2 Å². The lowest BCUT2D eigenvalue weighted by Crippen LogP contribution is -2.22. The lowest BCUT2D eigenvalue weighted by molar-refractivity contribution is 0.0659. The zero-order valence-electron chi connectivity index (χ0n) is 12.0. The lowest BCUT2D eigenvalue weighted by atomic mass is 10.2. The molecule has 0 spiro atoms. The summed E-state index contributed by atoms with van der Waals surface area (Å²) < 4.78 is 5.19. The number of carbonyl (C=O) groups is 2. The first-order valence-electron chi connectivity index (χ1n) is 6.49. The summed E-state index contributed by atoms with van der Waals surface area (Å²) in [7, 11) is 0. The SMILES string of the molecule is CCc1nc(C)c(C(=O)NCc2cc(C)c(C(=O)O)o2)s1. The molecule has 2 N–H and O–H groups in total. The molecular formula is C14H16N2O4S. The molecule has 2 rings (SSSR count). The number of furan rings is 1. The van der Waals surface area contributed by atoms with Crippen LogP contribution in [0.25, 0.3) is 0 Å². The molecular weight excluding hydrogens is 292 g/mol. The number of carboxylic acids is 1. The van der Waals surface area contributed by atoms with Gasteiger partial charge in [0.15, 0.2) is 0 Å². The highest BCUT2D eigenvalue weighted by Gasteiger charge is 2.17. The van der Waals surface area contributed by atoms with E-state index in [1.165, 1.54) is 11.3 Å². The minimum atomic E-state index is -1.11. The number of thiazole rings is 1. The van der Waals surface area contributed by atoms with Crippen LogP contribution in [0.2, 0.25) is 0 Å². The molecule has 0 atom stereocenters. The molecule has 0 aromatic carbocycles. The number of nitrogens with one attached hydrogen (secondary N) is 1. The van der Waals surface area contributed by atoms with Crippen LogP contribution in [0, 0.1) is 13.8 Å². The van der Waals surface area contributed by atoms with Crippen LogP contribution in [0.5, 0.6) is 0 Å². The highest BCUT2D eigenvalue weighted by Crippen LogP contribution is 2.19. The second-order valence-corrected chi connectivity index (χ2v) is 5.67. The summed E-state index contributed by atoms with van der Waals surface area (Å²) in [6, 6.07) is 1.61. The molecule has 2 heterocycles. The molecule has 7 heteroatoms. The Labute approximate surface area is 125 Å². The fourth-order valence-electron chi connectivity index (χ4n) is 1.91. The quantitative estimate of drug-likeness (QED) is 0.885. The van der Waals surface area contributed by atoms with Crippen LogP contribution in [-0.2, 0) is 13.0 Å².